The summed E-state index contributed by atoms with van der Waals surface area (Å²) in [7, 11) is 1.61. The number of aromatic hydroxyl groups is 1. The molecule has 1 aliphatic carbocycles. The van der Waals surface area contributed by atoms with Gasteiger partial charge in [0.05, 0.1) is 7.11 Å². The Labute approximate surface area is 83.5 Å². The lowest BCUT2D eigenvalue weighted by molar-refractivity contribution is 0.396. The number of methoxy groups -OCH3 is 1. The van der Waals surface area contributed by atoms with Crippen LogP contribution in [0, 0.1) is 0 Å². The minimum atomic E-state index is -0.105. The molecule has 1 fully saturated rings. The lowest BCUT2D eigenvalue weighted by Crippen LogP contribution is -2.24. The molecule has 0 atom stereocenters. The molecule has 1 aliphatic rings. The standard InChI is InChI=1S/C11H15NO2/c1-14-10-4-2-3-9(13)8(10)7-11(12)5-6-11/h2-4,13H,5-7,12H2,1H3. The first kappa shape index (κ1) is 9.34. The third-order valence-electron chi connectivity index (χ3n) is 2.75. The molecule has 0 heterocycles. The second kappa shape index (κ2) is 3.17. The van der Waals surface area contributed by atoms with Crippen molar-refractivity contribution in [1.82, 2.24) is 0 Å². The third kappa shape index (κ3) is 1.68. The fraction of sp³-hybridized carbons (Fsp3) is 0.455. The lowest BCUT2D eigenvalue weighted by Gasteiger charge is -2.13. The zero-order chi connectivity index (χ0) is 10.2. The van der Waals surface area contributed by atoms with E-state index in [0.717, 1.165) is 24.2 Å². The zero-order valence-electron chi connectivity index (χ0n) is 8.29. The Morgan fingerprint density at radius 1 is 1.50 bits per heavy atom. The van der Waals surface area contributed by atoms with Gasteiger partial charge in [-0.2, -0.15) is 0 Å². The van der Waals surface area contributed by atoms with E-state index < -0.39 is 0 Å². The summed E-state index contributed by atoms with van der Waals surface area (Å²) in [6.45, 7) is 0. The van der Waals surface area contributed by atoms with E-state index in [2.05, 4.69) is 0 Å². The zero-order valence-corrected chi connectivity index (χ0v) is 8.29. The highest BCUT2D eigenvalue weighted by Crippen LogP contribution is 2.40. The molecular formula is C11H15NO2. The summed E-state index contributed by atoms with van der Waals surface area (Å²) in [6.07, 6.45) is 2.76. The van der Waals surface area contributed by atoms with E-state index >= 15 is 0 Å². The van der Waals surface area contributed by atoms with Crippen molar-refractivity contribution >= 4 is 0 Å². The van der Waals surface area contributed by atoms with Gasteiger partial charge in [-0.05, 0) is 31.4 Å². The van der Waals surface area contributed by atoms with Crippen LogP contribution in [-0.4, -0.2) is 17.8 Å². The maximum atomic E-state index is 9.68. The van der Waals surface area contributed by atoms with Crippen molar-refractivity contribution < 1.29 is 9.84 Å². The molecule has 1 aromatic rings. The quantitative estimate of drug-likeness (QED) is 0.763. The van der Waals surface area contributed by atoms with Crippen LogP contribution in [0.3, 0.4) is 0 Å². The predicted molar refractivity (Wildman–Crippen MR) is 54.5 cm³/mol. The average molecular weight is 193 g/mol. The SMILES string of the molecule is COc1cccc(O)c1CC1(N)CC1. The molecule has 0 saturated heterocycles. The van der Waals surface area contributed by atoms with E-state index in [1.165, 1.54) is 0 Å². The summed E-state index contributed by atoms with van der Waals surface area (Å²) in [5.41, 5.74) is 6.73. The molecule has 0 amide bonds. The maximum Gasteiger partial charge on any atom is 0.125 e. The van der Waals surface area contributed by atoms with Crippen molar-refractivity contribution in [2.24, 2.45) is 5.73 Å². The van der Waals surface area contributed by atoms with Gasteiger partial charge in [-0.15, -0.1) is 0 Å². The molecule has 76 valence electrons. The highest BCUT2D eigenvalue weighted by molar-refractivity contribution is 5.45. The van der Waals surface area contributed by atoms with Gasteiger partial charge in [-0.3, -0.25) is 0 Å². The number of phenolic OH excluding ortho intramolecular Hbond substituents is 1. The van der Waals surface area contributed by atoms with Crippen molar-refractivity contribution in [2.75, 3.05) is 7.11 Å². The number of benzene rings is 1. The topological polar surface area (TPSA) is 55.5 Å². The summed E-state index contributed by atoms with van der Waals surface area (Å²) in [4.78, 5) is 0. The van der Waals surface area contributed by atoms with Crippen LogP contribution in [0.5, 0.6) is 11.5 Å². The van der Waals surface area contributed by atoms with Crippen LogP contribution in [0.15, 0.2) is 18.2 Å². The van der Waals surface area contributed by atoms with Crippen LogP contribution in [0.25, 0.3) is 0 Å². The molecule has 0 radical (unpaired) electrons. The number of nitrogens with two attached hydrogens (primary N) is 1. The van der Waals surface area contributed by atoms with Gasteiger partial charge >= 0.3 is 0 Å². The molecule has 3 nitrogen and oxygen atoms in total. The van der Waals surface area contributed by atoms with Crippen molar-refractivity contribution in [3.05, 3.63) is 23.8 Å². The van der Waals surface area contributed by atoms with E-state index in [0.29, 0.717) is 6.42 Å². The summed E-state index contributed by atoms with van der Waals surface area (Å²) in [5.74, 6) is 1.00. The molecule has 1 saturated carbocycles. The van der Waals surface area contributed by atoms with Crippen LogP contribution in [0.4, 0.5) is 0 Å². The summed E-state index contributed by atoms with van der Waals surface area (Å²) in [6, 6.07) is 5.29. The summed E-state index contributed by atoms with van der Waals surface area (Å²) >= 11 is 0. The van der Waals surface area contributed by atoms with Crippen LogP contribution < -0.4 is 10.5 Å². The van der Waals surface area contributed by atoms with Crippen LogP contribution >= 0.6 is 0 Å². The second-order valence-corrected chi connectivity index (χ2v) is 4.00. The molecule has 0 aromatic heterocycles. The normalized spacial score (nSPS) is 17.9. The summed E-state index contributed by atoms with van der Waals surface area (Å²) in [5, 5.41) is 9.68. The minimum absolute atomic E-state index is 0.105. The molecule has 1 aromatic carbocycles. The maximum absolute atomic E-state index is 9.68. The molecule has 0 spiro atoms. The van der Waals surface area contributed by atoms with E-state index in [-0.39, 0.29) is 11.3 Å². The van der Waals surface area contributed by atoms with Crippen LogP contribution in [-0.2, 0) is 6.42 Å². The molecule has 0 bridgehead atoms. The molecule has 3 heteroatoms. The van der Waals surface area contributed by atoms with E-state index in [4.69, 9.17) is 10.5 Å². The van der Waals surface area contributed by atoms with Gasteiger partial charge in [0.2, 0.25) is 0 Å². The van der Waals surface area contributed by atoms with Crippen molar-refractivity contribution in [1.29, 1.82) is 0 Å². The predicted octanol–water partition coefficient (Wildman–Crippen LogP) is 1.43. The second-order valence-electron chi connectivity index (χ2n) is 4.00. The molecular weight excluding hydrogens is 178 g/mol. The van der Waals surface area contributed by atoms with Gasteiger partial charge in [0, 0.05) is 11.1 Å². The Balaban J connectivity index is 2.29. The largest absolute Gasteiger partial charge is 0.508 e. The molecule has 3 N–H and O–H groups in total. The number of phenols is 1. The molecule has 2 rings (SSSR count). The van der Waals surface area contributed by atoms with E-state index in [9.17, 15) is 5.11 Å². The minimum Gasteiger partial charge on any atom is -0.508 e. The Bertz CT molecular complexity index is 345. The Kier molecular flexibility index (Phi) is 2.11. The summed E-state index contributed by atoms with van der Waals surface area (Å²) < 4.78 is 5.18. The highest BCUT2D eigenvalue weighted by atomic mass is 16.5. The van der Waals surface area contributed by atoms with E-state index in [1.807, 2.05) is 6.07 Å². The van der Waals surface area contributed by atoms with Crippen molar-refractivity contribution in [3.8, 4) is 11.5 Å². The average Bonchev–Trinajstić information content (AvgIpc) is 2.88. The van der Waals surface area contributed by atoms with E-state index in [1.54, 1.807) is 19.2 Å². The van der Waals surface area contributed by atoms with Crippen LogP contribution in [0.1, 0.15) is 18.4 Å². The monoisotopic (exact) mass is 193 g/mol. The molecule has 0 aliphatic heterocycles. The Morgan fingerprint density at radius 3 is 2.79 bits per heavy atom. The number of rotatable bonds is 3. The number of hydrogen-bond donors (Lipinski definition) is 2. The van der Waals surface area contributed by atoms with Gasteiger partial charge < -0.3 is 15.6 Å². The third-order valence-corrected chi connectivity index (χ3v) is 2.75. The van der Waals surface area contributed by atoms with Crippen molar-refractivity contribution in [2.45, 2.75) is 24.8 Å². The lowest BCUT2D eigenvalue weighted by atomic mass is 10.0. The Hall–Kier alpha value is -1.22. The highest BCUT2D eigenvalue weighted by Gasteiger charge is 2.39. The molecule has 0 unspecified atom stereocenters. The van der Waals surface area contributed by atoms with Gasteiger partial charge in [0.25, 0.3) is 0 Å². The fourth-order valence-electron chi connectivity index (χ4n) is 1.61. The van der Waals surface area contributed by atoms with Crippen LogP contribution in [0.2, 0.25) is 0 Å². The van der Waals surface area contributed by atoms with Gasteiger partial charge in [0.15, 0.2) is 0 Å². The van der Waals surface area contributed by atoms with Crippen molar-refractivity contribution in [3.63, 3.8) is 0 Å². The van der Waals surface area contributed by atoms with Gasteiger partial charge in [-0.25, -0.2) is 0 Å². The molecule has 14 heavy (non-hydrogen) atoms. The Morgan fingerprint density at radius 2 is 2.21 bits per heavy atom. The van der Waals surface area contributed by atoms with Gasteiger partial charge in [-0.1, -0.05) is 6.07 Å². The first-order chi connectivity index (χ1) is 6.64. The fourth-order valence-corrected chi connectivity index (χ4v) is 1.61. The smallest absolute Gasteiger partial charge is 0.125 e. The number of ether oxygens (including phenoxy) is 1. The first-order valence-electron chi connectivity index (χ1n) is 4.78. The first-order valence-corrected chi connectivity index (χ1v) is 4.78. The van der Waals surface area contributed by atoms with Gasteiger partial charge in [0.1, 0.15) is 11.5 Å². The number of hydrogen-bond acceptors (Lipinski definition) is 3.